The monoisotopic (exact) mass is 418 g/mol. The Hall–Kier alpha value is -3.78. The molecule has 2 aromatic carbocycles. The number of hydrogen-bond acceptors (Lipinski definition) is 6. The van der Waals surface area contributed by atoms with Gasteiger partial charge in [0.05, 0.1) is 5.52 Å². The Kier molecular flexibility index (Phi) is 5.67. The van der Waals surface area contributed by atoms with Gasteiger partial charge >= 0.3 is 0 Å². The lowest BCUT2D eigenvalue weighted by Gasteiger charge is -2.06. The van der Waals surface area contributed by atoms with Gasteiger partial charge in [0.15, 0.2) is 0 Å². The van der Waals surface area contributed by atoms with Crippen LogP contribution in [0.25, 0.3) is 10.9 Å². The molecule has 0 bridgehead atoms. The van der Waals surface area contributed by atoms with Crippen molar-refractivity contribution in [3.63, 3.8) is 0 Å². The molecule has 0 saturated carbocycles. The van der Waals surface area contributed by atoms with Crippen molar-refractivity contribution in [3.05, 3.63) is 88.0 Å². The first kappa shape index (κ1) is 19.5. The Labute approximate surface area is 176 Å². The van der Waals surface area contributed by atoms with Gasteiger partial charge in [-0.2, -0.15) is 0 Å². The molecule has 2 aromatic heterocycles. The number of hydrazine groups is 1. The molecule has 30 heavy (non-hydrogen) atoms. The first-order chi connectivity index (χ1) is 14.6. The number of amides is 2. The second-order valence-electron chi connectivity index (χ2n) is 6.53. The summed E-state index contributed by atoms with van der Waals surface area (Å²) < 4.78 is 5.67. The maximum Gasteiger partial charge on any atom is 0.289 e. The molecule has 0 fully saturated rings. The third kappa shape index (κ3) is 4.61. The molecule has 0 aliphatic heterocycles. The highest BCUT2D eigenvalue weighted by Gasteiger charge is 2.14. The van der Waals surface area contributed by atoms with Crippen LogP contribution in [0.5, 0.6) is 5.75 Å². The molecule has 8 heteroatoms. The highest BCUT2D eigenvalue weighted by Crippen LogP contribution is 2.16. The topological polar surface area (TPSA) is 93.2 Å². The van der Waals surface area contributed by atoms with Crippen LogP contribution < -0.4 is 15.6 Å². The van der Waals surface area contributed by atoms with Crippen molar-refractivity contribution in [3.8, 4) is 5.75 Å². The van der Waals surface area contributed by atoms with Crippen LogP contribution in [0.3, 0.4) is 0 Å². The largest absolute Gasteiger partial charge is 0.486 e. The van der Waals surface area contributed by atoms with Crippen LogP contribution in [-0.4, -0.2) is 21.8 Å². The maximum atomic E-state index is 12.3. The SMILES string of the molecule is Cc1ccc(OCc2nc(C(=O)NNC(=O)c3ccc4ccccc4n3)cs2)cc1. The molecule has 7 nitrogen and oxygen atoms in total. The standard InChI is InChI=1S/C22H18N4O3S/c1-14-6-9-16(10-7-14)29-12-20-24-19(13-30-20)22(28)26-25-21(27)18-11-8-15-4-2-3-5-17(15)23-18/h2-11,13H,12H2,1H3,(H,25,27)(H,26,28). The van der Waals surface area contributed by atoms with Crippen molar-refractivity contribution in [2.45, 2.75) is 13.5 Å². The molecule has 0 aliphatic rings. The van der Waals surface area contributed by atoms with E-state index in [0.717, 1.165) is 16.7 Å². The van der Waals surface area contributed by atoms with Crippen LogP contribution >= 0.6 is 11.3 Å². The summed E-state index contributed by atoms with van der Waals surface area (Å²) in [7, 11) is 0. The Balaban J connectivity index is 1.32. The number of carbonyl (C=O) groups is 2. The molecule has 2 amide bonds. The lowest BCUT2D eigenvalue weighted by molar-refractivity contribution is 0.0841. The number of pyridine rings is 1. The third-order valence-corrected chi connectivity index (χ3v) is 5.11. The molecule has 150 valence electrons. The number of nitrogens with zero attached hydrogens (tertiary/aromatic N) is 2. The molecule has 0 radical (unpaired) electrons. The van der Waals surface area contributed by atoms with Gasteiger partial charge in [0.25, 0.3) is 11.8 Å². The fourth-order valence-electron chi connectivity index (χ4n) is 2.70. The van der Waals surface area contributed by atoms with Gasteiger partial charge in [-0.3, -0.25) is 20.4 Å². The van der Waals surface area contributed by atoms with Gasteiger partial charge in [0, 0.05) is 10.8 Å². The molecule has 4 aromatic rings. The van der Waals surface area contributed by atoms with Crippen LogP contribution in [0.2, 0.25) is 0 Å². The molecular formula is C22H18N4O3S. The molecule has 0 aliphatic carbocycles. The fraction of sp³-hybridized carbons (Fsp3) is 0.0909. The molecule has 0 spiro atoms. The van der Waals surface area contributed by atoms with E-state index in [-0.39, 0.29) is 18.0 Å². The van der Waals surface area contributed by atoms with E-state index in [1.807, 2.05) is 55.5 Å². The fourth-order valence-corrected chi connectivity index (χ4v) is 3.38. The number of aryl methyl sites for hydroxylation is 1. The van der Waals surface area contributed by atoms with E-state index in [0.29, 0.717) is 10.5 Å². The highest BCUT2D eigenvalue weighted by atomic mass is 32.1. The van der Waals surface area contributed by atoms with Crippen LogP contribution in [0.15, 0.2) is 66.0 Å². The summed E-state index contributed by atoms with van der Waals surface area (Å²) in [5.74, 6) is -0.286. The van der Waals surface area contributed by atoms with E-state index in [1.54, 1.807) is 17.5 Å². The lowest BCUT2D eigenvalue weighted by atomic mass is 10.2. The number of thiazole rings is 1. The van der Waals surface area contributed by atoms with Gasteiger partial charge in [-0.05, 0) is 31.2 Å². The molecule has 2 N–H and O–H groups in total. The average molecular weight is 418 g/mol. The highest BCUT2D eigenvalue weighted by molar-refractivity contribution is 7.09. The van der Waals surface area contributed by atoms with Gasteiger partial charge in [0.1, 0.15) is 28.8 Å². The number of ether oxygens (including phenoxy) is 1. The number of benzene rings is 2. The van der Waals surface area contributed by atoms with E-state index in [9.17, 15) is 9.59 Å². The minimum Gasteiger partial charge on any atom is -0.486 e. The summed E-state index contributed by atoms with van der Waals surface area (Å²) in [4.78, 5) is 33.1. The number of para-hydroxylation sites is 1. The number of carbonyl (C=O) groups excluding carboxylic acids is 2. The van der Waals surface area contributed by atoms with Crippen molar-refractivity contribution in [2.75, 3.05) is 0 Å². The van der Waals surface area contributed by atoms with E-state index >= 15 is 0 Å². The molecule has 2 heterocycles. The van der Waals surface area contributed by atoms with E-state index in [1.165, 1.54) is 11.3 Å². The Morgan fingerprint density at radius 3 is 2.43 bits per heavy atom. The first-order valence-electron chi connectivity index (χ1n) is 9.19. The number of nitrogens with one attached hydrogen (secondary N) is 2. The second-order valence-corrected chi connectivity index (χ2v) is 7.47. The summed E-state index contributed by atoms with van der Waals surface area (Å²) in [5, 5.41) is 3.20. The van der Waals surface area contributed by atoms with Crippen LogP contribution in [0, 0.1) is 6.92 Å². The Morgan fingerprint density at radius 1 is 0.900 bits per heavy atom. The molecular weight excluding hydrogens is 400 g/mol. The Bertz CT molecular complexity index is 1200. The molecule has 0 saturated heterocycles. The predicted molar refractivity (Wildman–Crippen MR) is 114 cm³/mol. The summed E-state index contributed by atoms with van der Waals surface area (Å²) in [6.07, 6.45) is 0. The minimum absolute atomic E-state index is 0.203. The first-order valence-corrected chi connectivity index (χ1v) is 10.1. The lowest BCUT2D eigenvalue weighted by Crippen LogP contribution is -2.42. The third-order valence-electron chi connectivity index (χ3n) is 4.29. The summed E-state index contributed by atoms with van der Waals surface area (Å²) in [6, 6.07) is 18.6. The zero-order valence-electron chi connectivity index (χ0n) is 16.1. The van der Waals surface area contributed by atoms with Crippen molar-refractivity contribution in [1.82, 2.24) is 20.8 Å². The maximum absolute atomic E-state index is 12.3. The van der Waals surface area contributed by atoms with Crippen molar-refractivity contribution >= 4 is 34.1 Å². The van der Waals surface area contributed by atoms with E-state index in [2.05, 4.69) is 20.8 Å². The average Bonchev–Trinajstić information content (AvgIpc) is 3.26. The number of aromatic nitrogens is 2. The van der Waals surface area contributed by atoms with Gasteiger partial charge in [-0.1, -0.05) is 42.0 Å². The van der Waals surface area contributed by atoms with Crippen LogP contribution in [0.4, 0.5) is 0 Å². The minimum atomic E-state index is -0.512. The number of fused-ring (bicyclic) bond motifs is 1. The van der Waals surface area contributed by atoms with Crippen molar-refractivity contribution < 1.29 is 14.3 Å². The normalized spacial score (nSPS) is 10.6. The predicted octanol–water partition coefficient (Wildman–Crippen LogP) is 3.65. The second kappa shape index (κ2) is 8.71. The van der Waals surface area contributed by atoms with Crippen molar-refractivity contribution in [1.29, 1.82) is 0 Å². The molecule has 0 unspecified atom stereocenters. The molecule has 0 atom stereocenters. The quantitative estimate of drug-likeness (QED) is 0.483. The van der Waals surface area contributed by atoms with E-state index < -0.39 is 11.8 Å². The van der Waals surface area contributed by atoms with E-state index in [4.69, 9.17) is 4.74 Å². The number of hydrogen-bond donors (Lipinski definition) is 2. The van der Waals surface area contributed by atoms with Gasteiger partial charge in [0.2, 0.25) is 0 Å². The van der Waals surface area contributed by atoms with Gasteiger partial charge < -0.3 is 4.74 Å². The smallest absolute Gasteiger partial charge is 0.289 e. The van der Waals surface area contributed by atoms with Gasteiger partial charge in [-0.15, -0.1) is 11.3 Å². The van der Waals surface area contributed by atoms with Crippen molar-refractivity contribution in [2.24, 2.45) is 0 Å². The zero-order chi connectivity index (χ0) is 20.9. The summed E-state index contributed by atoms with van der Waals surface area (Å²) in [6.45, 7) is 2.26. The zero-order valence-corrected chi connectivity index (χ0v) is 16.9. The van der Waals surface area contributed by atoms with Crippen LogP contribution in [0.1, 0.15) is 31.5 Å². The van der Waals surface area contributed by atoms with Crippen LogP contribution in [-0.2, 0) is 6.61 Å². The van der Waals surface area contributed by atoms with Gasteiger partial charge in [-0.25, -0.2) is 9.97 Å². The number of rotatable bonds is 5. The summed E-state index contributed by atoms with van der Waals surface area (Å²) >= 11 is 1.31. The molecule has 4 rings (SSSR count). The Morgan fingerprint density at radius 2 is 1.63 bits per heavy atom. The summed E-state index contributed by atoms with van der Waals surface area (Å²) in [5.41, 5.74) is 6.99.